The summed E-state index contributed by atoms with van der Waals surface area (Å²) in [6.45, 7) is 0. The third kappa shape index (κ3) is 4.63. The van der Waals surface area contributed by atoms with Gasteiger partial charge in [-0.2, -0.15) is 0 Å². The Labute approximate surface area is 169 Å². The second-order valence-corrected chi connectivity index (χ2v) is 7.78. The average molecular weight is 395 g/mol. The molecule has 3 aromatic rings. The van der Waals surface area contributed by atoms with Crippen LogP contribution in [0.4, 0.5) is 5.69 Å². The summed E-state index contributed by atoms with van der Waals surface area (Å²) in [6.07, 6.45) is 6.48. The first kappa shape index (κ1) is 18.8. The van der Waals surface area contributed by atoms with Gasteiger partial charge in [0.25, 0.3) is 0 Å². The fourth-order valence-electron chi connectivity index (χ4n) is 3.81. The van der Waals surface area contributed by atoms with E-state index in [-0.39, 0.29) is 12.0 Å². The van der Waals surface area contributed by atoms with E-state index in [1.54, 1.807) is 18.3 Å². The molecule has 2 aromatic carbocycles. The molecular weight excluding hydrogens is 372 g/mol. The van der Waals surface area contributed by atoms with Gasteiger partial charge < -0.3 is 10.1 Å². The number of rotatable bonds is 5. The van der Waals surface area contributed by atoms with Crippen LogP contribution in [0.15, 0.2) is 60.8 Å². The Morgan fingerprint density at radius 3 is 2.57 bits per heavy atom. The maximum Gasteiger partial charge on any atom is 0.224 e. The molecule has 1 heterocycles. The van der Waals surface area contributed by atoms with Crippen molar-refractivity contribution in [1.82, 2.24) is 4.98 Å². The van der Waals surface area contributed by atoms with E-state index in [0.29, 0.717) is 17.4 Å². The molecule has 0 atom stereocenters. The van der Waals surface area contributed by atoms with Crippen LogP contribution < -0.4 is 10.1 Å². The standard InChI is InChI=1S/C23H23ClN2O2/c24-17-7-9-18(10-8-17)26-23(27)15-16-5-11-19(12-6-16)28-22-13-14-25-21-4-2-1-3-20(21)22/h1-4,7-10,13-14,16,19H,5-6,11-12,15H2,(H,26,27)/t16-,19-. The van der Waals surface area contributed by atoms with Crippen molar-refractivity contribution in [2.45, 2.75) is 38.2 Å². The normalized spacial score (nSPS) is 19.3. The summed E-state index contributed by atoms with van der Waals surface area (Å²) < 4.78 is 6.28. The highest BCUT2D eigenvalue weighted by atomic mass is 35.5. The lowest BCUT2D eigenvalue weighted by Crippen LogP contribution is -2.26. The Morgan fingerprint density at radius 2 is 1.79 bits per heavy atom. The van der Waals surface area contributed by atoms with Crippen molar-refractivity contribution in [3.8, 4) is 5.75 Å². The van der Waals surface area contributed by atoms with Gasteiger partial charge in [-0.1, -0.05) is 23.7 Å². The van der Waals surface area contributed by atoms with Gasteiger partial charge in [0, 0.05) is 28.7 Å². The topological polar surface area (TPSA) is 51.2 Å². The minimum absolute atomic E-state index is 0.0619. The summed E-state index contributed by atoms with van der Waals surface area (Å²) in [5, 5.41) is 4.67. The van der Waals surface area contributed by atoms with Gasteiger partial charge in [-0.15, -0.1) is 0 Å². The average Bonchev–Trinajstić information content (AvgIpc) is 2.71. The molecule has 4 nitrogen and oxygen atoms in total. The highest BCUT2D eigenvalue weighted by Crippen LogP contribution is 2.32. The Kier molecular flexibility index (Phi) is 5.77. The molecule has 28 heavy (non-hydrogen) atoms. The molecule has 1 amide bonds. The van der Waals surface area contributed by atoms with Gasteiger partial charge in [0.1, 0.15) is 5.75 Å². The first-order valence-electron chi connectivity index (χ1n) is 9.73. The van der Waals surface area contributed by atoms with Crippen LogP contribution in [0, 0.1) is 5.92 Å². The molecule has 0 bridgehead atoms. The van der Waals surface area contributed by atoms with Crippen molar-refractivity contribution < 1.29 is 9.53 Å². The fraction of sp³-hybridized carbons (Fsp3) is 0.304. The SMILES string of the molecule is O=C(C[C@H]1CC[C@H](Oc2ccnc3ccccc23)CC1)Nc1ccc(Cl)cc1. The minimum atomic E-state index is 0.0619. The largest absolute Gasteiger partial charge is 0.490 e. The molecule has 1 aliphatic rings. The van der Waals surface area contributed by atoms with Gasteiger partial charge >= 0.3 is 0 Å². The van der Waals surface area contributed by atoms with Gasteiger partial charge in [0.15, 0.2) is 0 Å². The number of carbonyl (C=O) groups excluding carboxylic acids is 1. The summed E-state index contributed by atoms with van der Waals surface area (Å²) in [5.74, 6) is 1.36. The highest BCUT2D eigenvalue weighted by molar-refractivity contribution is 6.30. The third-order valence-electron chi connectivity index (χ3n) is 5.30. The predicted molar refractivity (Wildman–Crippen MR) is 113 cm³/mol. The number of carbonyl (C=O) groups is 1. The molecule has 5 heteroatoms. The van der Waals surface area contributed by atoms with Crippen LogP contribution in [-0.2, 0) is 4.79 Å². The predicted octanol–water partition coefficient (Wildman–Crippen LogP) is 5.85. The molecule has 1 saturated carbocycles. The minimum Gasteiger partial charge on any atom is -0.490 e. The number of aromatic nitrogens is 1. The Bertz CT molecular complexity index is 945. The van der Waals surface area contributed by atoms with Crippen molar-refractivity contribution in [3.63, 3.8) is 0 Å². The number of hydrogen-bond acceptors (Lipinski definition) is 3. The first-order valence-corrected chi connectivity index (χ1v) is 10.1. The van der Waals surface area contributed by atoms with Crippen LogP contribution in [-0.4, -0.2) is 17.0 Å². The van der Waals surface area contributed by atoms with E-state index in [0.717, 1.165) is 48.0 Å². The van der Waals surface area contributed by atoms with Crippen LogP contribution in [0.2, 0.25) is 5.02 Å². The number of ether oxygens (including phenoxy) is 1. The number of para-hydroxylation sites is 1. The number of amides is 1. The number of anilines is 1. The zero-order chi connectivity index (χ0) is 19.3. The highest BCUT2D eigenvalue weighted by Gasteiger charge is 2.24. The lowest BCUT2D eigenvalue weighted by molar-refractivity contribution is -0.117. The molecule has 0 spiro atoms. The van der Waals surface area contributed by atoms with Crippen molar-refractivity contribution in [3.05, 3.63) is 65.8 Å². The Balaban J connectivity index is 1.28. The molecular formula is C23H23ClN2O2. The van der Waals surface area contributed by atoms with Crippen LogP contribution in [0.1, 0.15) is 32.1 Å². The Morgan fingerprint density at radius 1 is 1.04 bits per heavy atom. The van der Waals surface area contributed by atoms with E-state index >= 15 is 0 Å². The summed E-state index contributed by atoms with van der Waals surface area (Å²) in [4.78, 5) is 16.7. The van der Waals surface area contributed by atoms with E-state index in [4.69, 9.17) is 16.3 Å². The second kappa shape index (κ2) is 8.61. The smallest absolute Gasteiger partial charge is 0.224 e. The fourth-order valence-corrected chi connectivity index (χ4v) is 3.94. The lowest BCUT2D eigenvalue weighted by atomic mass is 9.85. The van der Waals surface area contributed by atoms with Crippen LogP contribution in [0.5, 0.6) is 5.75 Å². The summed E-state index contributed by atoms with van der Waals surface area (Å²) in [6, 6.07) is 17.2. The number of pyridine rings is 1. The Hall–Kier alpha value is -2.59. The summed E-state index contributed by atoms with van der Waals surface area (Å²) in [7, 11) is 0. The zero-order valence-electron chi connectivity index (χ0n) is 15.6. The number of fused-ring (bicyclic) bond motifs is 1. The van der Waals surface area contributed by atoms with E-state index in [1.807, 2.05) is 42.5 Å². The molecule has 1 fully saturated rings. The maximum absolute atomic E-state index is 12.3. The zero-order valence-corrected chi connectivity index (χ0v) is 16.4. The van der Waals surface area contributed by atoms with Crippen LogP contribution in [0.25, 0.3) is 10.9 Å². The summed E-state index contributed by atoms with van der Waals surface area (Å²) >= 11 is 5.88. The lowest BCUT2D eigenvalue weighted by Gasteiger charge is -2.29. The number of hydrogen-bond donors (Lipinski definition) is 1. The van der Waals surface area contributed by atoms with Gasteiger partial charge in [-0.25, -0.2) is 0 Å². The van der Waals surface area contributed by atoms with Crippen LogP contribution >= 0.6 is 11.6 Å². The van der Waals surface area contributed by atoms with Gasteiger partial charge in [-0.05, 0) is 74.1 Å². The molecule has 0 saturated heterocycles. The molecule has 1 N–H and O–H groups in total. The number of benzene rings is 2. The summed E-state index contributed by atoms with van der Waals surface area (Å²) in [5.41, 5.74) is 1.74. The second-order valence-electron chi connectivity index (χ2n) is 7.35. The number of halogens is 1. The number of nitrogens with zero attached hydrogens (tertiary/aromatic N) is 1. The quantitative estimate of drug-likeness (QED) is 0.590. The number of nitrogens with one attached hydrogen (secondary N) is 1. The van der Waals surface area contributed by atoms with Crippen molar-refractivity contribution in [2.75, 3.05) is 5.32 Å². The van der Waals surface area contributed by atoms with E-state index in [2.05, 4.69) is 10.3 Å². The molecule has 144 valence electrons. The van der Waals surface area contributed by atoms with E-state index in [1.165, 1.54) is 0 Å². The van der Waals surface area contributed by atoms with Crippen LogP contribution in [0.3, 0.4) is 0 Å². The van der Waals surface area contributed by atoms with E-state index in [9.17, 15) is 4.79 Å². The molecule has 0 radical (unpaired) electrons. The van der Waals surface area contributed by atoms with E-state index < -0.39 is 0 Å². The van der Waals surface area contributed by atoms with Gasteiger partial charge in [-0.3, -0.25) is 9.78 Å². The van der Waals surface area contributed by atoms with Crippen molar-refractivity contribution >= 4 is 34.1 Å². The van der Waals surface area contributed by atoms with Crippen molar-refractivity contribution in [1.29, 1.82) is 0 Å². The molecule has 0 aliphatic heterocycles. The monoisotopic (exact) mass is 394 g/mol. The maximum atomic E-state index is 12.3. The van der Waals surface area contributed by atoms with Gasteiger partial charge in [0.05, 0.1) is 11.6 Å². The van der Waals surface area contributed by atoms with Crippen molar-refractivity contribution in [2.24, 2.45) is 5.92 Å². The molecule has 4 rings (SSSR count). The first-order chi connectivity index (χ1) is 13.7. The third-order valence-corrected chi connectivity index (χ3v) is 5.55. The molecule has 1 aliphatic carbocycles. The molecule has 0 unspecified atom stereocenters. The molecule has 1 aromatic heterocycles. The van der Waals surface area contributed by atoms with Gasteiger partial charge in [0.2, 0.25) is 5.91 Å².